The number of aromatic nitrogens is 2. The van der Waals surface area contributed by atoms with Crippen LogP contribution < -0.4 is 11.1 Å². The molecule has 2 aromatic heterocycles. The Morgan fingerprint density at radius 1 is 0.788 bits per heavy atom. The van der Waals surface area contributed by atoms with E-state index in [2.05, 4.69) is 56.7 Å². The summed E-state index contributed by atoms with van der Waals surface area (Å²) in [5, 5.41) is 7.10. The van der Waals surface area contributed by atoms with Gasteiger partial charge < -0.3 is 35.3 Å². The van der Waals surface area contributed by atoms with Crippen molar-refractivity contribution in [2.24, 2.45) is 28.8 Å². The Balaban J connectivity index is 0.000000739. The zero-order valence-electron chi connectivity index (χ0n) is 31.1. The summed E-state index contributed by atoms with van der Waals surface area (Å²) in [6.45, 7) is 11.8. The summed E-state index contributed by atoms with van der Waals surface area (Å²) in [5.74, 6) is -0.505. The fourth-order valence-corrected chi connectivity index (χ4v) is 4.29. The van der Waals surface area contributed by atoms with Gasteiger partial charge in [-0.25, -0.2) is 4.79 Å². The van der Waals surface area contributed by atoms with Crippen molar-refractivity contribution in [3.63, 3.8) is 0 Å². The molecule has 52 heavy (non-hydrogen) atoms. The molecule has 0 bridgehead atoms. The van der Waals surface area contributed by atoms with Crippen LogP contribution in [0.2, 0.25) is 0 Å². The molecule has 2 aromatic carbocycles. The topological polar surface area (TPSA) is 195 Å². The lowest BCUT2D eigenvalue weighted by Gasteiger charge is -2.17. The molecule has 0 aliphatic heterocycles. The van der Waals surface area contributed by atoms with Gasteiger partial charge in [-0.1, -0.05) is 77.9 Å². The third-order valence-electron chi connectivity index (χ3n) is 7.38. The number of H-pyrrole nitrogens is 2. The van der Waals surface area contributed by atoms with E-state index in [1.807, 2.05) is 74.8 Å². The summed E-state index contributed by atoms with van der Waals surface area (Å²) < 4.78 is 9.39. The second-order valence-electron chi connectivity index (χ2n) is 12.6. The predicted octanol–water partition coefficient (Wildman–Crippen LogP) is 6.49. The van der Waals surface area contributed by atoms with E-state index in [9.17, 15) is 24.1 Å². The molecule has 0 unspecified atom stereocenters. The molecule has 0 fully saturated rings. The second kappa shape index (κ2) is 25.5. The molecule has 4 rings (SSSR count). The molecule has 0 aliphatic carbocycles. The monoisotopic (exact) mass is 763 g/mol. The first-order valence-electron chi connectivity index (χ1n) is 16.7. The van der Waals surface area contributed by atoms with E-state index in [0.29, 0.717) is 25.4 Å². The molecule has 2 heterocycles. The summed E-state index contributed by atoms with van der Waals surface area (Å²) in [7, 11) is 2.67. The third kappa shape index (κ3) is 17.2. The standard InChI is InChI=1S/C16H20N2O3.C12H14N2O2.C5H11NO2.C4H8OS.ClH/c1-10(2)15(19)18-14(16(20)21-3)8-11-9-17-13-7-5-4-6-12(11)13;1-16-12(15)10(13)6-8-7-14-11-5-3-2-4-9(8)11;1-5(2)3-4-8-6-7;1-3(2)4(5)6;/h4-7,9-10,14,17H,8H2,1-3H3,(H,18,19);2-5,7,10,14H,6,13H2,1H3;5H,3-4H2,1-2H3;3H,1-2H3,(H,5,6);1H/t14-;10-;;;/m00.../s1. The molecule has 0 spiro atoms. The fraction of sp³-hybridized carbons (Fsp3) is 0.459. The number of thiol groups is 1. The zero-order chi connectivity index (χ0) is 38.5. The van der Waals surface area contributed by atoms with Crippen LogP contribution in [0.5, 0.6) is 0 Å². The molecule has 13 nitrogen and oxygen atoms in total. The number of carbonyl (C=O) groups is 4. The van der Waals surface area contributed by atoms with Gasteiger partial charge in [-0.3, -0.25) is 14.4 Å². The summed E-state index contributed by atoms with van der Waals surface area (Å²) in [6, 6.07) is 14.5. The van der Waals surface area contributed by atoms with Crippen LogP contribution in [0.3, 0.4) is 0 Å². The molecule has 2 atom stereocenters. The van der Waals surface area contributed by atoms with Gasteiger partial charge in [0.2, 0.25) is 5.91 Å². The molecular weight excluding hydrogens is 710 g/mol. The number of benzene rings is 2. The maximum absolute atomic E-state index is 11.9. The Bertz CT molecular complexity index is 1670. The number of fused-ring (bicyclic) bond motifs is 2. The number of ether oxygens (including phenoxy) is 2. The van der Waals surface area contributed by atoms with E-state index in [-0.39, 0.29) is 41.2 Å². The number of nitrogens with two attached hydrogens (primary N) is 1. The van der Waals surface area contributed by atoms with Crippen molar-refractivity contribution in [2.75, 3.05) is 20.8 Å². The van der Waals surface area contributed by atoms with Crippen molar-refractivity contribution in [3.05, 3.63) is 77.0 Å². The first-order chi connectivity index (χ1) is 24.2. The minimum absolute atomic E-state index is 0. The number of nitrogens with one attached hydrogen (secondary N) is 3. The van der Waals surface area contributed by atoms with E-state index in [4.69, 9.17) is 10.5 Å². The zero-order valence-corrected chi connectivity index (χ0v) is 32.8. The third-order valence-corrected chi connectivity index (χ3v) is 7.89. The number of aromatic amines is 2. The minimum Gasteiger partial charge on any atom is -0.468 e. The van der Waals surface area contributed by atoms with Gasteiger partial charge in [-0.05, 0) is 35.6 Å². The van der Waals surface area contributed by atoms with Crippen LogP contribution in [0.15, 0.2) is 66.3 Å². The maximum atomic E-state index is 11.9. The highest BCUT2D eigenvalue weighted by Crippen LogP contribution is 2.20. The van der Waals surface area contributed by atoms with Crippen LogP contribution in [0.25, 0.3) is 21.8 Å². The summed E-state index contributed by atoms with van der Waals surface area (Å²) in [5.41, 5.74) is 9.79. The van der Waals surface area contributed by atoms with Gasteiger partial charge in [-0.2, -0.15) is 0 Å². The van der Waals surface area contributed by atoms with Gasteiger partial charge in [0, 0.05) is 58.9 Å². The van der Waals surface area contributed by atoms with E-state index in [0.717, 1.165) is 39.4 Å². The lowest BCUT2D eigenvalue weighted by molar-refractivity contribution is -0.145. The van der Waals surface area contributed by atoms with Crippen molar-refractivity contribution in [3.8, 4) is 0 Å². The molecule has 0 radical (unpaired) electrons. The van der Waals surface area contributed by atoms with E-state index in [1.165, 1.54) is 14.2 Å². The van der Waals surface area contributed by atoms with Crippen LogP contribution >= 0.6 is 25.0 Å². The number of para-hydroxylation sites is 2. The molecular formula is C37H54ClN5O8S. The van der Waals surface area contributed by atoms with Gasteiger partial charge in [0.1, 0.15) is 18.7 Å². The van der Waals surface area contributed by atoms with Crippen LogP contribution in [-0.2, 0) is 46.3 Å². The summed E-state index contributed by atoms with van der Waals surface area (Å²) >= 11 is 3.55. The number of hydrogen-bond donors (Lipinski definition) is 5. The normalized spacial score (nSPS) is 11.4. The molecule has 5 N–H and O–H groups in total. The van der Waals surface area contributed by atoms with Crippen molar-refractivity contribution >= 4 is 69.8 Å². The number of hydrogen-bond acceptors (Lipinski definition) is 10. The number of rotatable bonds is 13. The average Bonchev–Trinajstić information content (AvgIpc) is 3.71. The number of carbonyl (C=O) groups excluding carboxylic acids is 4. The Morgan fingerprint density at radius 3 is 1.65 bits per heavy atom. The summed E-state index contributed by atoms with van der Waals surface area (Å²) in [4.78, 5) is 64.8. The molecule has 4 aromatic rings. The Hall–Kier alpha value is -4.40. The average molecular weight is 764 g/mol. The molecule has 15 heteroatoms. The maximum Gasteiger partial charge on any atom is 0.328 e. The molecule has 0 saturated carbocycles. The number of esters is 2. The van der Waals surface area contributed by atoms with E-state index >= 15 is 0 Å². The van der Waals surface area contributed by atoms with E-state index < -0.39 is 18.1 Å². The molecule has 288 valence electrons. The molecule has 0 saturated heterocycles. The van der Waals surface area contributed by atoms with Crippen molar-refractivity contribution in [2.45, 2.75) is 72.9 Å². The van der Waals surface area contributed by atoms with Gasteiger partial charge >= 0.3 is 11.9 Å². The SMILES string of the molecule is CC(C)C(=O)S.CC(C)CCON=O.COC(=O)[C@@H](N)Cc1c[nH]c2ccccc12.COC(=O)[C@H](Cc1c[nH]c2ccccc12)NC(=O)C(C)C.Cl. The van der Waals surface area contributed by atoms with Gasteiger partial charge in [0.05, 0.1) is 14.2 Å². The number of halogens is 1. The van der Waals surface area contributed by atoms with Gasteiger partial charge in [0.25, 0.3) is 0 Å². The van der Waals surface area contributed by atoms with Crippen molar-refractivity contribution in [1.29, 1.82) is 0 Å². The second-order valence-corrected chi connectivity index (χ2v) is 13.0. The highest BCUT2D eigenvalue weighted by molar-refractivity contribution is 7.96. The first kappa shape index (κ1) is 47.6. The van der Waals surface area contributed by atoms with Crippen molar-refractivity contribution in [1.82, 2.24) is 15.3 Å². The molecule has 0 aliphatic rings. The Morgan fingerprint density at radius 2 is 1.25 bits per heavy atom. The largest absolute Gasteiger partial charge is 0.468 e. The van der Waals surface area contributed by atoms with Crippen molar-refractivity contribution < 1.29 is 33.5 Å². The lowest BCUT2D eigenvalue weighted by atomic mass is 10.0. The van der Waals surface area contributed by atoms with Crippen LogP contribution in [0.1, 0.15) is 59.1 Å². The minimum atomic E-state index is -0.677. The highest BCUT2D eigenvalue weighted by atomic mass is 35.5. The fourth-order valence-electron chi connectivity index (χ4n) is 4.29. The Labute approximate surface area is 317 Å². The molecule has 1 amide bonds. The van der Waals surface area contributed by atoms with Crippen LogP contribution in [0, 0.1) is 22.7 Å². The first-order valence-corrected chi connectivity index (χ1v) is 17.1. The van der Waals surface area contributed by atoms with Gasteiger partial charge in [-0.15, -0.1) is 29.9 Å². The number of nitrogens with zero attached hydrogens (tertiary/aromatic N) is 1. The van der Waals surface area contributed by atoms with Crippen LogP contribution in [0.4, 0.5) is 0 Å². The Kier molecular flexibility index (Phi) is 23.4. The summed E-state index contributed by atoms with van der Waals surface area (Å²) in [6.07, 6.45) is 5.52. The lowest BCUT2D eigenvalue weighted by Crippen LogP contribution is -2.44. The smallest absolute Gasteiger partial charge is 0.328 e. The van der Waals surface area contributed by atoms with Gasteiger partial charge in [0.15, 0.2) is 10.5 Å². The highest BCUT2D eigenvalue weighted by Gasteiger charge is 2.24. The quantitative estimate of drug-likeness (QED) is 0.0333. The predicted molar refractivity (Wildman–Crippen MR) is 210 cm³/mol. The van der Waals surface area contributed by atoms with Crippen LogP contribution in [-0.4, -0.2) is 65.8 Å². The number of methoxy groups -OCH3 is 2. The number of amides is 1. The van der Waals surface area contributed by atoms with E-state index in [1.54, 1.807) is 13.8 Å².